The zero-order valence-corrected chi connectivity index (χ0v) is 13.8. The van der Waals surface area contributed by atoms with E-state index >= 15 is 0 Å². The fourth-order valence-electron chi connectivity index (χ4n) is 3.45. The lowest BCUT2D eigenvalue weighted by Gasteiger charge is -2.22. The monoisotopic (exact) mass is 312 g/mol. The summed E-state index contributed by atoms with van der Waals surface area (Å²) in [5.41, 5.74) is 0. The Balaban J connectivity index is 2.35. The minimum Gasteiger partial charge on any atom is -0.481 e. The molecule has 1 aliphatic rings. The van der Waals surface area contributed by atoms with Gasteiger partial charge in [0.15, 0.2) is 0 Å². The second kappa shape index (κ2) is 10.8. The molecule has 0 aromatic heterocycles. The quantitative estimate of drug-likeness (QED) is 0.403. The van der Waals surface area contributed by atoms with Crippen molar-refractivity contribution in [1.82, 2.24) is 0 Å². The van der Waals surface area contributed by atoms with Gasteiger partial charge in [-0.1, -0.05) is 38.3 Å². The standard InChI is InChI=1S/C18H32O4/c1-2-3-4-5-6-7-10-14-15(17(20)13-16(14)19)11-8-9-12-18(21)22/h6-7,14-17,19-20H,2-5,8-13H2,1H3,(H,21,22)/b7-6+/t14-,15-,16-,17+/m1/s1. The average molecular weight is 312 g/mol. The van der Waals surface area contributed by atoms with Crippen molar-refractivity contribution < 1.29 is 20.1 Å². The minimum atomic E-state index is -0.765. The molecule has 0 spiro atoms. The van der Waals surface area contributed by atoms with Crippen molar-refractivity contribution in [3.05, 3.63) is 12.2 Å². The van der Waals surface area contributed by atoms with E-state index in [2.05, 4.69) is 19.1 Å². The van der Waals surface area contributed by atoms with Crippen LogP contribution in [0.2, 0.25) is 0 Å². The first-order valence-electron chi connectivity index (χ1n) is 8.79. The molecule has 22 heavy (non-hydrogen) atoms. The molecule has 0 aliphatic heterocycles. The van der Waals surface area contributed by atoms with Gasteiger partial charge < -0.3 is 15.3 Å². The third kappa shape index (κ3) is 6.93. The summed E-state index contributed by atoms with van der Waals surface area (Å²) >= 11 is 0. The van der Waals surface area contributed by atoms with E-state index < -0.39 is 18.2 Å². The molecule has 4 heteroatoms. The maximum Gasteiger partial charge on any atom is 0.303 e. The summed E-state index contributed by atoms with van der Waals surface area (Å²) in [5, 5.41) is 28.9. The summed E-state index contributed by atoms with van der Waals surface area (Å²) in [4.78, 5) is 10.5. The van der Waals surface area contributed by atoms with Crippen molar-refractivity contribution in [1.29, 1.82) is 0 Å². The van der Waals surface area contributed by atoms with Gasteiger partial charge >= 0.3 is 5.97 Å². The zero-order chi connectivity index (χ0) is 16.4. The van der Waals surface area contributed by atoms with Crippen molar-refractivity contribution >= 4 is 5.97 Å². The smallest absolute Gasteiger partial charge is 0.303 e. The number of aliphatic carboxylic acids is 1. The number of aliphatic hydroxyl groups is 2. The van der Waals surface area contributed by atoms with E-state index in [0.29, 0.717) is 12.8 Å². The molecule has 4 nitrogen and oxygen atoms in total. The maximum absolute atomic E-state index is 10.5. The lowest BCUT2D eigenvalue weighted by molar-refractivity contribution is -0.137. The van der Waals surface area contributed by atoms with Crippen molar-refractivity contribution in [2.75, 3.05) is 0 Å². The van der Waals surface area contributed by atoms with Gasteiger partial charge in [-0.05, 0) is 50.4 Å². The molecule has 0 aromatic rings. The number of carboxylic acids is 1. The van der Waals surface area contributed by atoms with Gasteiger partial charge in [0, 0.05) is 6.42 Å². The zero-order valence-electron chi connectivity index (χ0n) is 13.8. The Hall–Kier alpha value is -0.870. The molecule has 1 saturated carbocycles. The first-order chi connectivity index (χ1) is 10.6. The number of hydrogen-bond acceptors (Lipinski definition) is 3. The van der Waals surface area contributed by atoms with Crippen LogP contribution in [-0.2, 0) is 4.79 Å². The fraction of sp³-hybridized carbons (Fsp3) is 0.833. The van der Waals surface area contributed by atoms with Crippen LogP contribution in [-0.4, -0.2) is 33.5 Å². The largest absolute Gasteiger partial charge is 0.481 e. The van der Waals surface area contributed by atoms with Crippen molar-refractivity contribution in [2.45, 2.75) is 83.3 Å². The normalized spacial score (nSPS) is 28.5. The van der Waals surface area contributed by atoms with Crippen LogP contribution in [0.1, 0.15) is 71.1 Å². The number of carboxylic acid groups (broad SMARTS) is 1. The van der Waals surface area contributed by atoms with Gasteiger partial charge in [0.25, 0.3) is 0 Å². The first kappa shape index (κ1) is 19.2. The van der Waals surface area contributed by atoms with Crippen molar-refractivity contribution in [3.63, 3.8) is 0 Å². The van der Waals surface area contributed by atoms with Gasteiger partial charge in [0.05, 0.1) is 12.2 Å². The summed E-state index contributed by atoms with van der Waals surface area (Å²) in [5.74, 6) is -0.551. The first-order valence-corrected chi connectivity index (χ1v) is 8.79. The van der Waals surface area contributed by atoms with Crippen LogP contribution in [0.15, 0.2) is 12.2 Å². The van der Waals surface area contributed by atoms with Gasteiger partial charge in [0.1, 0.15) is 0 Å². The highest BCUT2D eigenvalue weighted by atomic mass is 16.4. The molecule has 0 heterocycles. The summed E-state index contributed by atoms with van der Waals surface area (Å²) < 4.78 is 0. The van der Waals surface area contributed by atoms with E-state index in [4.69, 9.17) is 5.11 Å². The van der Waals surface area contributed by atoms with E-state index in [1.807, 2.05) is 0 Å². The van der Waals surface area contributed by atoms with Crippen LogP contribution in [0.25, 0.3) is 0 Å². The Kier molecular flexibility index (Phi) is 9.41. The Morgan fingerprint density at radius 2 is 1.77 bits per heavy atom. The third-order valence-electron chi connectivity index (χ3n) is 4.75. The maximum atomic E-state index is 10.5. The predicted octanol–water partition coefficient (Wildman–Crippen LogP) is 3.52. The lowest BCUT2D eigenvalue weighted by atomic mass is 9.86. The molecule has 1 rings (SSSR count). The fourth-order valence-corrected chi connectivity index (χ4v) is 3.45. The SMILES string of the molecule is CCCCC/C=C/C[C@@H]1[C@@H](CCCCC(=O)O)[C@@H](O)C[C@H]1O. The van der Waals surface area contributed by atoms with Gasteiger partial charge in [-0.2, -0.15) is 0 Å². The molecule has 0 bridgehead atoms. The summed E-state index contributed by atoms with van der Waals surface area (Å²) in [6, 6.07) is 0. The molecule has 1 aliphatic carbocycles. The highest BCUT2D eigenvalue weighted by Gasteiger charge is 2.40. The molecule has 0 saturated heterocycles. The second-order valence-corrected chi connectivity index (χ2v) is 6.54. The molecule has 128 valence electrons. The highest BCUT2D eigenvalue weighted by Crippen LogP contribution is 2.38. The number of rotatable bonds is 11. The van der Waals surface area contributed by atoms with Gasteiger partial charge in [-0.25, -0.2) is 0 Å². The number of carbonyl (C=O) groups is 1. The summed E-state index contributed by atoms with van der Waals surface area (Å²) in [6.07, 6.45) is 11.9. The molecular formula is C18H32O4. The molecule has 0 unspecified atom stereocenters. The lowest BCUT2D eigenvalue weighted by Crippen LogP contribution is -2.21. The summed E-state index contributed by atoms with van der Waals surface area (Å²) in [6.45, 7) is 2.19. The predicted molar refractivity (Wildman–Crippen MR) is 87.6 cm³/mol. The molecule has 3 N–H and O–H groups in total. The van der Waals surface area contributed by atoms with E-state index in [1.165, 1.54) is 19.3 Å². The van der Waals surface area contributed by atoms with Crippen LogP contribution in [0, 0.1) is 11.8 Å². The minimum absolute atomic E-state index is 0.101. The molecule has 4 atom stereocenters. The molecule has 0 aromatic carbocycles. The highest BCUT2D eigenvalue weighted by molar-refractivity contribution is 5.66. The number of hydrogen-bond donors (Lipinski definition) is 3. The van der Waals surface area contributed by atoms with Crippen LogP contribution in [0.4, 0.5) is 0 Å². The molecule has 0 radical (unpaired) electrons. The molecule has 1 fully saturated rings. The van der Waals surface area contributed by atoms with Gasteiger partial charge in [-0.15, -0.1) is 0 Å². The van der Waals surface area contributed by atoms with Crippen molar-refractivity contribution in [3.8, 4) is 0 Å². The van der Waals surface area contributed by atoms with Crippen LogP contribution < -0.4 is 0 Å². The topological polar surface area (TPSA) is 77.8 Å². The molecule has 0 amide bonds. The van der Waals surface area contributed by atoms with Crippen molar-refractivity contribution in [2.24, 2.45) is 11.8 Å². The number of unbranched alkanes of at least 4 members (excludes halogenated alkanes) is 4. The Morgan fingerprint density at radius 1 is 1.05 bits per heavy atom. The van der Waals surface area contributed by atoms with E-state index in [-0.39, 0.29) is 18.3 Å². The number of allylic oxidation sites excluding steroid dienone is 2. The summed E-state index contributed by atoms with van der Waals surface area (Å²) in [7, 11) is 0. The van der Waals surface area contributed by atoms with Gasteiger partial charge in [0.2, 0.25) is 0 Å². The van der Waals surface area contributed by atoms with Crippen LogP contribution in [0.3, 0.4) is 0 Å². The Morgan fingerprint density at radius 3 is 2.45 bits per heavy atom. The van der Waals surface area contributed by atoms with Gasteiger partial charge in [-0.3, -0.25) is 4.79 Å². The van der Waals surface area contributed by atoms with E-state index in [1.54, 1.807) is 0 Å². The van der Waals surface area contributed by atoms with E-state index in [9.17, 15) is 15.0 Å². The van der Waals surface area contributed by atoms with Crippen LogP contribution in [0.5, 0.6) is 0 Å². The Labute approximate surface area is 134 Å². The van der Waals surface area contributed by atoms with Crippen LogP contribution >= 0.6 is 0 Å². The Bertz CT molecular complexity index is 340. The second-order valence-electron chi connectivity index (χ2n) is 6.54. The third-order valence-corrected chi connectivity index (χ3v) is 4.75. The molecular weight excluding hydrogens is 280 g/mol. The average Bonchev–Trinajstić information content (AvgIpc) is 2.73. The van der Waals surface area contributed by atoms with E-state index in [0.717, 1.165) is 25.7 Å². The number of aliphatic hydroxyl groups excluding tert-OH is 2.